The Hall–Kier alpha value is -2.45. The number of nitrogens with zero attached hydrogens (tertiary/aromatic N) is 4. The Balaban J connectivity index is 1.40. The van der Waals surface area contributed by atoms with E-state index in [1.807, 2.05) is 23.9 Å². The third-order valence-electron chi connectivity index (χ3n) is 6.79. The molecule has 4 atom stereocenters. The number of rotatable bonds is 7. The monoisotopic (exact) mass is 495 g/mol. The first-order valence-corrected chi connectivity index (χ1v) is 12.0. The smallest absolute Gasteiger partial charge is 0.233 e. The summed E-state index contributed by atoms with van der Waals surface area (Å²) in [7, 11) is 3.89. The molecule has 4 unspecified atom stereocenters. The molecule has 4 heterocycles. The molecule has 0 spiro atoms. The minimum absolute atomic E-state index is 0.0120. The van der Waals surface area contributed by atoms with Gasteiger partial charge in [0.2, 0.25) is 11.8 Å². The van der Waals surface area contributed by atoms with E-state index in [1.54, 1.807) is 5.01 Å². The molecule has 3 aliphatic heterocycles. The van der Waals surface area contributed by atoms with Gasteiger partial charge in [-0.3, -0.25) is 19.9 Å². The number of halogens is 2. The Morgan fingerprint density at radius 2 is 2.00 bits per heavy atom. The SMILES string of the molecule is CN(C)CCNC(=O)C1CCN(c2c(F)cncc2NC(=O)C2C(N)NN3CC(F)CNC23)CC1. The van der Waals surface area contributed by atoms with E-state index in [0.29, 0.717) is 32.5 Å². The highest BCUT2D eigenvalue weighted by Gasteiger charge is 2.47. The second-order valence-corrected chi connectivity index (χ2v) is 9.65. The normalized spacial score (nSPS) is 27.7. The third-order valence-corrected chi connectivity index (χ3v) is 6.79. The van der Waals surface area contributed by atoms with Gasteiger partial charge in [0.05, 0.1) is 36.3 Å². The first kappa shape index (κ1) is 25.6. The summed E-state index contributed by atoms with van der Waals surface area (Å²) >= 11 is 0. The molecule has 1 aromatic rings. The molecule has 3 fully saturated rings. The standard InChI is InChI=1S/C22H35F2N9O2/c1-31(2)8-5-27-21(34)13-3-6-32(7-4-13)18-15(24)10-26-11-16(18)29-22(35)17-19(25)30-33-12-14(23)9-28-20(17)33/h10-11,13-14,17,19-20,28,30H,3-9,12,25H2,1-2H3,(H,27,34)(H,29,35). The van der Waals surface area contributed by atoms with E-state index in [1.165, 1.54) is 6.20 Å². The Kier molecular flexibility index (Phi) is 8.12. The van der Waals surface area contributed by atoms with Crippen LogP contribution in [0, 0.1) is 17.7 Å². The van der Waals surface area contributed by atoms with E-state index in [2.05, 4.69) is 26.4 Å². The number of alkyl halides is 1. The van der Waals surface area contributed by atoms with Gasteiger partial charge in [-0.25, -0.2) is 19.2 Å². The zero-order chi connectivity index (χ0) is 25.1. The van der Waals surface area contributed by atoms with Gasteiger partial charge >= 0.3 is 0 Å². The predicted octanol–water partition coefficient (Wildman–Crippen LogP) is -0.958. The number of nitrogens with one attached hydrogen (secondary N) is 4. The average Bonchev–Trinajstić information content (AvgIpc) is 3.13. The summed E-state index contributed by atoms with van der Waals surface area (Å²) in [6.07, 6.45) is 1.42. The lowest BCUT2D eigenvalue weighted by molar-refractivity contribution is -0.125. The summed E-state index contributed by atoms with van der Waals surface area (Å²) in [5.41, 5.74) is 9.55. The van der Waals surface area contributed by atoms with Crippen LogP contribution in [-0.4, -0.2) is 98.6 Å². The van der Waals surface area contributed by atoms with Crippen LogP contribution in [0.25, 0.3) is 0 Å². The van der Waals surface area contributed by atoms with Crippen molar-refractivity contribution in [3.63, 3.8) is 0 Å². The zero-order valence-electron chi connectivity index (χ0n) is 20.1. The van der Waals surface area contributed by atoms with Gasteiger partial charge in [-0.05, 0) is 26.9 Å². The molecule has 0 saturated carbocycles. The van der Waals surface area contributed by atoms with Crippen LogP contribution < -0.4 is 32.0 Å². The quantitative estimate of drug-likeness (QED) is 0.325. The first-order chi connectivity index (χ1) is 16.7. The number of hydrazine groups is 1. The minimum atomic E-state index is -1.07. The van der Waals surface area contributed by atoms with Crippen LogP contribution in [0.5, 0.6) is 0 Å². The molecule has 4 rings (SSSR count). The van der Waals surface area contributed by atoms with Gasteiger partial charge in [-0.2, -0.15) is 0 Å². The molecule has 194 valence electrons. The topological polar surface area (TPSA) is 131 Å². The van der Waals surface area contributed by atoms with Crippen molar-refractivity contribution >= 4 is 23.2 Å². The number of anilines is 2. The van der Waals surface area contributed by atoms with Gasteiger partial charge in [-0.15, -0.1) is 0 Å². The molecular weight excluding hydrogens is 460 g/mol. The van der Waals surface area contributed by atoms with Crippen LogP contribution in [0.2, 0.25) is 0 Å². The van der Waals surface area contributed by atoms with E-state index in [4.69, 9.17) is 5.73 Å². The van der Waals surface area contributed by atoms with E-state index < -0.39 is 36.1 Å². The predicted molar refractivity (Wildman–Crippen MR) is 127 cm³/mol. The number of aromatic nitrogens is 1. The maximum atomic E-state index is 14.9. The molecule has 3 saturated heterocycles. The molecule has 0 bridgehead atoms. The number of likely N-dealkylation sites (N-methyl/N-ethyl adjacent to an activating group) is 1. The number of fused-ring (bicyclic) bond motifs is 1. The molecule has 6 N–H and O–H groups in total. The van der Waals surface area contributed by atoms with Crippen LogP contribution in [-0.2, 0) is 9.59 Å². The zero-order valence-corrected chi connectivity index (χ0v) is 20.1. The van der Waals surface area contributed by atoms with Gasteiger partial charge in [0, 0.05) is 45.2 Å². The fraction of sp³-hybridized carbons (Fsp3) is 0.682. The van der Waals surface area contributed by atoms with Crippen molar-refractivity contribution in [2.45, 2.75) is 31.3 Å². The van der Waals surface area contributed by atoms with Gasteiger partial charge < -0.3 is 26.2 Å². The Morgan fingerprint density at radius 1 is 1.26 bits per heavy atom. The molecular formula is C22H35F2N9O2. The van der Waals surface area contributed by atoms with Crippen molar-refractivity contribution < 1.29 is 18.4 Å². The summed E-state index contributed by atoms with van der Waals surface area (Å²) < 4.78 is 28.6. The first-order valence-electron chi connectivity index (χ1n) is 12.0. The number of carbonyl (C=O) groups is 2. The maximum Gasteiger partial charge on any atom is 0.233 e. The number of hydrogen-bond donors (Lipinski definition) is 5. The van der Waals surface area contributed by atoms with Crippen LogP contribution in [0.4, 0.5) is 20.2 Å². The molecule has 3 aliphatic rings. The van der Waals surface area contributed by atoms with Gasteiger partial charge in [0.25, 0.3) is 0 Å². The fourth-order valence-corrected chi connectivity index (χ4v) is 4.95. The summed E-state index contributed by atoms with van der Waals surface area (Å²) in [6, 6.07) is 0. The van der Waals surface area contributed by atoms with Gasteiger partial charge in [0.15, 0.2) is 5.82 Å². The number of hydrogen-bond acceptors (Lipinski definition) is 9. The van der Waals surface area contributed by atoms with E-state index in [0.717, 1.165) is 12.7 Å². The average molecular weight is 496 g/mol. The molecule has 2 amide bonds. The lowest BCUT2D eigenvalue weighted by Gasteiger charge is -2.35. The summed E-state index contributed by atoms with van der Waals surface area (Å²) in [5, 5.41) is 10.4. The van der Waals surface area contributed by atoms with E-state index >= 15 is 0 Å². The molecule has 1 aromatic heterocycles. The van der Waals surface area contributed by atoms with Crippen LogP contribution >= 0.6 is 0 Å². The molecule has 35 heavy (non-hydrogen) atoms. The van der Waals surface area contributed by atoms with Crippen molar-refractivity contribution in [1.82, 2.24) is 31.0 Å². The molecule has 0 aliphatic carbocycles. The summed E-state index contributed by atoms with van der Waals surface area (Å²) in [6.45, 7) is 2.53. The second-order valence-electron chi connectivity index (χ2n) is 9.65. The van der Waals surface area contributed by atoms with E-state index in [-0.39, 0.29) is 36.3 Å². The van der Waals surface area contributed by atoms with Crippen molar-refractivity contribution in [1.29, 1.82) is 0 Å². The highest BCUT2D eigenvalue weighted by atomic mass is 19.1. The Morgan fingerprint density at radius 3 is 2.71 bits per heavy atom. The molecule has 11 nitrogen and oxygen atoms in total. The fourth-order valence-electron chi connectivity index (χ4n) is 4.95. The number of amides is 2. The summed E-state index contributed by atoms with van der Waals surface area (Å²) in [5.74, 6) is -1.80. The van der Waals surface area contributed by atoms with Crippen LogP contribution in [0.1, 0.15) is 12.8 Å². The number of piperidine rings is 1. The van der Waals surface area contributed by atoms with Crippen molar-refractivity contribution in [3.8, 4) is 0 Å². The number of nitrogens with two attached hydrogens (primary N) is 1. The largest absolute Gasteiger partial charge is 0.367 e. The Bertz CT molecular complexity index is 913. The highest BCUT2D eigenvalue weighted by Crippen LogP contribution is 2.33. The highest BCUT2D eigenvalue weighted by molar-refractivity contribution is 5.96. The van der Waals surface area contributed by atoms with E-state index in [9.17, 15) is 18.4 Å². The molecule has 13 heteroatoms. The molecule has 0 radical (unpaired) electrons. The van der Waals surface area contributed by atoms with Crippen molar-refractivity contribution in [3.05, 3.63) is 18.2 Å². The van der Waals surface area contributed by atoms with Crippen molar-refractivity contribution in [2.24, 2.45) is 17.6 Å². The van der Waals surface area contributed by atoms with Crippen LogP contribution in [0.15, 0.2) is 12.4 Å². The third kappa shape index (κ3) is 5.86. The Labute approximate surface area is 203 Å². The maximum absolute atomic E-state index is 14.9. The van der Waals surface area contributed by atoms with Crippen LogP contribution in [0.3, 0.4) is 0 Å². The van der Waals surface area contributed by atoms with Gasteiger partial charge in [-0.1, -0.05) is 0 Å². The van der Waals surface area contributed by atoms with Gasteiger partial charge in [0.1, 0.15) is 11.9 Å². The molecule has 0 aromatic carbocycles. The number of carbonyl (C=O) groups excluding carboxylic acids is 2. The lowest BCUT2D eigenvalue weighted by Crippen LogP contribution is -2.58. The lowest BCUT2D eigenvalue weighted by atomic mass is 9.95. The number of pyridine rings is 1. The van der Waals surface area contributed by atoms with Crippen molar-refractivity contribution in [2.75, 3.05) is 63.6 Å². The minimum Gasteiger partial charge on any atom is -0.367 e. The summed E-state index contributed by atoms with van der Waals surface area (Å²) in [4.78, 5) is 33.4. The second kappa shape index (κ2) is 11.1.